The highest BCUT2D eigenvalue weighted by atomic mass is 16.2. The number of carbonyl (C=O) groups excluding carboxylic acids is 2. The van der Waals surface area contributed by atoms with Gasteiger partial charge >= 0.3 is 0 Å². The van der Waals surface area contributed by atoms with Crippen LogP contribution in [0.5, 0.6) is 0 Å². The molecule has 6 nitrogen and oxygen atoms in total. The van der Waals surface area contributed by atoms with E-state index in [1.807, 2.05) is 10.9 Å². The summed E-state index contributed by atoms with van der Waals surface area (Å²) in [5.74, 6) is 8.87. The van der Waals surface area contributed by atoms with Crippen molar-refractivity contribution in [3.8, 4) is 0 Å². The van der Waals surface area contributed by atoms with Crippen molar-refractivity contribution in [3.05, 3.63) is 0 Å². The summed E-state index contributed by atoms with van der Waals surface area (Å²) in [5, 5.41) is 0. The molecule has 68 valence electrons. The Morgan fingerprint density at radius 1 is 1.42 bits per heavy atom. The summed E-state index contributed by atoms with van der Waals surface area (Å²) < 4.78 is 0. The number of nitrogens with two attached hydrogens (primary N) is 2. The lowest BCUT2D eigenvalue weighted by Gasteiger charge is -2.07. The lowest BCUT2D eigenvalue weighted by Crippen LogP contribution is -2.40. The minimum absolute atomic E-state index is 0.318. The largest absolute Gasteiger partial charge is 0.294 e. The Morgan fingerprint density at radius 3 is 2.42 bits per heavy atom. The van der Waals surface area contributed by atoms with Gasteiger partial charge in [-0.1, -0.05) is 0 Å². The Labute approximate surface area is 69.6 Å². The van der Waals surface area contributed by atoms with Crippen molar-refractivity contribution in [1.82, 2.24) is 10.9 Å². The molecule has 2 amide bonds. The fourth-order valence-corrected chi connectivity index (χ4v) is 1.26. The van der Waals surface area contributed by atoms with Crippen LogP contribution in [0.15, 0.2) is 0 Å². The van der Waals surface area contributed by atoms with Crippen LogP contribution in [-0.2, 0) is 9.59 Å². The second-order valence-corrected chi connectivity index (χ2v) is 3.16. The van der Waals surface area contributed by atoms with E-state index >= 15 is 0 Å². The molecule has 6 N–H and O–H groups in total. The van der Waals surface area contributed by atoms with E-state index in [-0.39, 0.29) is 17.7 Å². The zero-order chi connectivity index (χ0) is 9.35. The van der Waals surface area contributed by atoms with Crippen molar-refractivity contribution in [1.29, 1.82) is 0 Å². The molecule has 2 atom stereocenters. The molecule has 1 rings (SSSR count). The third-order valence-electron chi connectivity index (χ3n) is 2.35. The van der Waals surface area contributed by atoms with Crippen LogP contribution in [0.3, 0.4) is 0 Å². The number of hydrogen-bond donors (Lipinski definition) is 4. The van der Waals surface area contributed by atoms with E-state index in [4.69, 9.17) is 11.7 Å². The molecular weight excluding hydrogens is 160 g/mol. The zero-order valence-corrected chi connectivity index (χ0v) is 6.76. The van der Waals surface area contributed by atoms with Crippen LogP contribution in [0, 0.1) is 11.3 Å². The number of hydrazine groups is 2. The van der Waals surface area contributed by atoms with Gasteiger partial charge in [-0.05, 0) is 13.3 Å². The van der Waals surface area contributed by atoms with Crippen molar-refractivity contribution in [3.63, 3.8) is 0 Å². The van der Waals surface area contributed by atoms with Gasteiger partial charge in [0.2, 0.25) is 11.8 Å². The van der Waals surface area contributed by atoms with Crippen molar-refractivity contribution in [2.45, 2.75) is 13.3 Å². The van der Waals surface area contributed by atoms with Crippen LogP contribution in [0.4, 0.5) is 0 Å². The molecule has 0 aromatic heterocycles. The third-order valence-corrected chi connectivity index (χ3v) is 2.35. The molecule has 1 aliphatic carbocycles. The maximum atomic E-state index is 11.1. The number of nitrogens with one attached hydrogen (secondary N) is 2. The number of rotatable bonds is 2. The summed E-state index contributed by atoms with van der Waals surface area (Å²) in [4.78, 5) is 22.0. The molecular formula is C6H12N4O2. The minimum atomic E-state index is -0.668. The van der Waals surface area contributed by atoms with E-state index in [9.17, 15) is 9.59 Å². The smallest absolute Gasteiger partial charge is 0.240 e. The molecule has 0 aromatic rings. The molecule has 0 spiro atoms. The highest BCUT2D eigenvalue weighted by molar-refractivity contribution is 5.95. The molecule has 0 aromatic carbocycles. The van der Waals surface area contributed by atoms with Crippen LogP contribution in [0.2, 0.25) is 0 Å². The Balaban J connectivity index is 2.59. The Hall–Kier alpha value is -1.14. The fraction of sp³-hybridized carbons (Fsp3) is 0.667. The van der Waals surface area contributed by atoms with E-state index in [0.717, 1.165) is 0 Å². The molecule has 0 saturated heterocycles. The standard InChI is InChI=1S/C6H12N4O2/c1-6(5(12)10-8)2-3(6)4(11)9-7/h3H,2,7-8H2,1H3,(H,9,11)(H,10,12). The molecule has 0 heterocycles. The van der Waals surface area contributed by atoms with Gasteiger partial charge in [-0.2, -0.15) is 0 Å². The van der Waals surface area contributed by atoms with Gasteiger partial charge in [0.15, 0.2) is 0 Å². The van der Waals surface area contributed by atoms with Crippen molar-refractivity contribution in [2.24, 2.45) is 23.0 Å². The van der Waals surface area contributed by atoms with Gasteiger partial charge in [0.05, 0.1) is 11.3 Å². The molecule has 2 unspecified atom stereocenters. The fourth-order valence-electron chi connectivity index (χ4n) is 1.26. The lowest BCUT2D eigenvalue weighted by atomic mass is 10.1. The van der Waals surface area contributed by atoms with Gasteiger partial charge in [-0.3, -0.25) is 20.4 Å². The molecule has 0 aliphatic heterocycles. The van der Waals surface area contributed by atoms with Crippen LogP contribution in [-0.4, -0.2) is 11.8 Å². The van der Waals surface area contributed by atoms with Crippen molar-refractivity contribution in [2.75, 3.05) is 0 Å². The van der Waals surface area contributed by atoms with Gasteiger partial charge < -0.3 is 0 Å². The summed E-state index contributed by atoms with van der Waals surface area (Å²) in [6.45, 7) is 1.68. The zero-order valence-electron chi connectivity index (χ0n) is 6.76. The highest BCUT2D eigenvalue weighted by Crippen LogP contribution is 2.52. The van der Waals surface area contributed by atoms with E-state index in [1.54, 1.807) is 6.92 Å². The minimum Gasteiger partial charge on any atom is -0.294 e. The van der Waals surface area contributed by atoms with Crippen LogP contribution in [0.25, 0.3) is 0 Å². The van der Waals surface area contributed by atoms with Crippen LogP contribution >= 0.6 is 0 Å². The second-order valence-electron chi connectivity index (χ2n) is 3.16. The van der Waals surface area contributed by atoms with Gasteiger partial charge in [0.25, 0.3) is 0 Å². The predicted octanol–water partition coefficient (Wildman–Crippen LogP) is -2.01. The van der Waals surface area contributed by atoms with E-state index in [1.165, 1.54) is 0 Å². The second kappa shape index (κ2) is 2.72. The van der Waals surface area contributed by atoms with E-state index in [0.29, 0.717) is 6.42 Å². The summed E-state index contributed by atoms with van der Waals surface area (Å²) in [5.41, 5.74) is 3.35. The van der Waals surface area contributed by atoms with Crippen LogP contribution < -0.4 is 22.5 Å². The molecule has 0 bridgehead atoms. The summed E-state index contributed by atoms with van der Waals surface area (Å²) in [7, 11) is 0. The number of hydrogen-bond acceptors (Lipinski definition) is 4. The maximum Gasteiger partial charge on any atom is 0.240 e. The predicted molar refractivity (Wildman–Crippen MR) is 40.9 cm³/mol. The van der Waals surface area contributed by atoms with E-state index < -0.39 is 5.41 Å². The summed E-state index contributed by atoms with van der Waals surface area (Å²) >= 11 is 0. The summed E-state index contributed by atoms with van der Waals surface area (Å²) in [6, 6.07) is 0. The molecule has 6 heteroatoms. The third kappa shape index (κ3) is 1.15. The first-order valence-electron chi connectivity index (χ1n) is 3.57. The SMILES string of the molecule is CC1(C(=O)NN)CC1C(=O)NN. The Morgan fingerprint density at radius 2 is 2.00 bits per heavy atom. The first kappa shape index (κ1) is 8.95. The molecule has 12 heavy (non-hydrogen) atoms. The molecule has 1 aliphatic rings. The highest BCUT2D eigenvalue weighted by Gasteiger charge is 2.59. The van der Waals surface area contributed by atoms with Crippen molar-refractivity contribution < 1.29 is 9.59 Å². The molecule has 1 saturated carbocycles. The van der Waals surface area contributed by atoms with Gasteiger partial charge in [-0.15, -0.1) is 0 Å². The number of carbonyl (C=O) groups is 2. The van der Waals surface area contributed by atoms with Gasteiger partial charge in [0.1, 0.15) is 0 Å². The normalized spacial score (nSPS) is 32.4. The molecule has 1 fully saturated rings. The first-order valence-corrected chi connectivity index (χ1v) is 3.57. The maximum absolute atomic E-state index is 11.1. The monoisotopic (exact) mass is 172 g/mol. The average molecular weight is 172 g/mol. The molecule has 0 radical (unpaired) electrons. The first-order chi connectivity index (χ1) is 5.56. The topological polar surface area (TPSA) is 110 Å². The Bertz CT molecular complexity index is 230. The van der Waals surface area contributed by atoms with E-state index in [2.05, 4.69) is 0 Å². The van der Waals surface area contributed by atoms with Crippen LogP contribution in [0.1, 0.15) is 13.3 Å². The van der Waals surface area contributed by atoms with Gasteiger partial charge in [0, 0.05) is 0 Å². The summed E-state index contributed by atoms with van der Waals surface area (Å²) in [6.07, 6.45) is 0.499. The number of amides is 2. The quantitative estimate of drug-likeness (QED) is 0.219. The lowest BCUT2D eigenvalue weighted by molar-refractivity contribution is -0.130. The van der Waals surface area contributed by atoms with Gasteiger partial charge in [-0.25, -0.2) is 11.7 Å². The van der Waals surface area contributed by atoms with Crippen molar-refractivity contribution >= 4 is 11.8 Å². The Kier molecular flexibility index (Phi) is 2.03. The average Bonchev–Trinajstić information content (AvgIpc) is 2.76.